The molecular formula is C27H29N3O7. The van der Waals surface area contributed by atoms with Crippen molar-refractivity contribution in [2.45, 2.75) is 37.8 Å². The maximum Gasteiger partial charge on any atom is 0.303 e. The maximum absolute atomic E-state index is 13.9. The number of nitrogens with zero attached hydrogens (tertiary/aromatic N) is 1. The van der Waals surface area contributed by atoms with Gasteiger partial charge in [0.15, 0.2) is 11.5 Å². The summed E-state index contributed by atoms with van der Waals surface area (Å²) < 4.78 is 10.6. The van der Waals surface area contributed by atoms with E-state index >= 15 is 0 Å². The molecule has 3 amide bonds. The summed E-state index contributed by atoms with van der Waals surface area (Å²) >= 11 is 0. The Balaban J connectivity index is 1.48. The second kappa shape index (κ2) is 9.19. The molecule has 1 spiro atoms. The summed E-state index contributed by atoms with van der Waals surface area (Å²) in [5.41, 5.74) is 1.53. The smallest absolute Gasteiger partial charge is 0.303 e. The first-order chi connectivity index (χ1) is 17.7. The first-order valence-electron chi connectivity index (χ1n) is 12.2. The van der Waals surface area contributed by atoms with Gasteiger partial charge in [-0.15, -0.1) is 0 Å². The molecule has 0 aliphatic carbocycles. The number of benzene rings is 2. The van der Waals surface area contributed by atoms with E-state index in [-0.39, 0.29) is 25.3 Å². The number of hydrogen-bond donors (Lipinski definition) is 3. The van der Waals surface area contributed by atoms with Crippen molar-refractivity contribution in [3.05, 3.63) is 53.1 Å². The highest BCUT2D eigenvalue weighted by molar-refractivity contribution is 6.15. The lowest BCUT2D eigenvalue weighted by molar-refractivity contribution is -0.143. The molecule has 4 atom stereocenters. The number of ether oxygens (including phenoxy) is 2. The van der Waals surface area contributed by atoms with Crippen LogP contribution in [0.2, 0.25) is 0 Å². The summed E-state index contributed by atoms with van der Waals surface area (Å²) in [5, 5.41) is 15.4. The molecule has 3 aliphatic heterocycles. The third-order valence-electron chi connectivity index (χ3n) is 7.70. The Morgan fingerprint density at radius 1 is 1.05 bits per heavy atom. The summed E-state index contributed by atoms with van der Waals surface area (Å²) in [6.45, 7) is 2.02. The average Bonchev–Trinajstić information content (AvgIpc) is 3.45. The van der Waals surface area contributed by atoms with E-state index in [1.807, 2.05) is 25.1 Å². The van der Waals surface area contributed by atoms with Gasteiger partial charge < -0.3 is 19.9 Å². The van der Waals surface area contributed by atoms with Crippen molar-refractivity contribution in [3.63, 3.8) is 0 Å². The molecule has 0 aromatic heterocycles. The lowest BCUT2D eigenvalue weighted by Crippen LogP contribution is -2.53. The van der Waals surface area contributed by atoms with Crippen molar-refractivity contribution in [2.75, 3.05) is 26.1 Å². The lowest BCUT2D eigenvalue weighted by Gasteiger charge is -2.29. The molecule has 37 heavy (non-hydrogen) atoms. The van der Waals surface area contributed by atoms with Crippen LogP contribution in [-0.2, 0) is 31.1 Å². The van der Waals surface area contributed by atoms with Crippen LogP contribution < -0.4 is 20.1 Å². The van der Waals surface area contributed by atoms with Crippen LogP contribution in [-0.4, -0.2) is 60.5 Å². The number of amides is 3. The Bertz CT molecular complexity index is 1310. The van der Waals surface area contributed by atoms with Crippen molar-refractivity contribution in [1.29, 1.82) is 0 Å². The number of carboxylic acids is 1. The van der Waals surface area contributed by atoms with Gasteiger partial charge in [0.05, 0.1) is 26.1 Å². The zero-order chi connectivity index (χ0) is 26.5. The third-order valence-corrected chi connectivity index (χ3v) is 7.70. The van der Waals surface area contributed by atoms with Crippen LogP contribution in [0, 0.1) is 18.8 Å². The second-order valence-electron chi connectivity index (χ2n) is 9.77. The van der Waals surface area contributed by atoms with Crippen LogP contribution in [0.1, 0.15) is 29.5 Å². The Morgan fingerprint density at radius 3 is 2.51 bits per heavy atom. The highest BCUT2D eigenvalue weighted by atomic mass is 16.5. The summed E-state index contributed by atoms with van der Waals surface area (Å²) in [6.07, 6.45) is 0.320. The standard InChI is InChI=1S/C27H29N3O7/c1-14-4-6-17-16(12-14)27(26(35)28-17)23-22(18(29-27)7-9-21(31)32)24(33)30(25(23)34)11-10-15-5-8-19(36-2)20(13-15)37-3/h4-6,8,12-13,18,22-23,29H,7,9-11H2,1-3H3,(H,28,35)(H,31,32)/t18?,22-,23+,27?/m1/s1. The zero-order valence-corrected chi connectivity index (χ0v) is 20.9. The number of carboxylic acid groups (broad SMARTS) is 1. The monoisotopic (exact) mass is 507 g/mol. The number of nitrogens with one attached hydrogen (secondary N) is 2. The van der Waals surface area contributed by atoms with Gasteiger partial charge in [0.25, 0.3) is 0 Å². The van der Waals surface area contributed by atoms with Gasteiger partial charge in [0, 0.05) is 30.3 Å². The molecule has 0 bridgehead atoms. The number of aryl methyl sites for hydroxylation is 1. The minimum absolute atomic E-state index is 0.120. The number of anilines is 1. The van der Waals surface area contributed by atoms with Crippen LogP contribution in [0.25, 0.3) is 0 Å². The fourth-order valence-corrected chi connectivity index (χ4v) is 6.00. The third kappa shape index (κ3) is 3.83. The molecule has 3 heterocycles. The minimum atomic E-state index is -1.43. The normalized spacial score (nSPS) is 25.9. The van der Waals surface area contributed by atoms with E-state index < -0.39 is 41.2 Å². The number of aliphatic carboxylic acids is 1. The fourth-order valence-electron chi connectivity index (χ4n) is 6.00. The molecule has 2 aromatic rings. The van der Waals surface area contributed by atoms with Crippen LogP contribution in [0.4, 0.5) is 5.69 Å². The number of hydrogen-bond acceptors (Lipinski definition) is 7. The van der Waals surface area contributed by atoms with E-state index in [1.54, 1.807) is 25.3 Å². The van der Waals surface area contributed by atoms with Crippen LogP contribution in [0.3, 0.4) is 0 Å². The number of fused-ring (bicyclic) bond motifs is 4. The summed E-state index contributed by atoms with van der Waals surface area (Å²) in [6, 6.07) is 10.3. The quantitative estimate of drug-likeness (QED) is 0.461. The Labute approximate surface area is 213 Å². The lowest BCUT2D eigenvalue weighted by atomic mass is 9.76. The molecule has 3 aliphatic rings. The van der Waals surface area contributed by atoms with E-state index in [2.05, 4.69) is 10.6 Å². The Hall–Kier alpha value is -3.92. The summed E-state index contributed by atoms with van der Waals surface area (Å²) in [7, 11) is 3.08. The predicted octanol–water partition coefficient (Wildman–Crippen LogP) is 1.84. The van der Waals surface area contributed by atoms with Crippen molar-refractivity contribution in [2.24, 2.45) is 11.8 Å². The van der Waals surface area contributed by atoms with E-state index in [1.165, 1.54) is 12.0 Å². The van der Waals surface area contributed by atoms with Crippen molar-refractivity contribution in [1.82, 2.24) is 10.2 Å². The van der Waals surface area contributed by atoms with Crippen LogP contribution >= 0.6 is 0 Å². The van der Waals surface area contributed by atoms with Crippen molar-refractivity contribution >= 4 is 29.4 Å². The molecule has 0 radical (unpaired) electrons. The molecule has 10 nitrogen and oxygen atoms in total. The molecule has 5 rings (SSSR count). The number of carbonyl (C=O) groups is 4. The van der Waals surface area contributed by atoms with E-state index in [9.17, 15) is 24.3 Å². The van der Waals surface area contributed by atoms with E-state index in [0.717, 1.165) is 11.1 Å². The molecule has 2 saturated heterocycles. The number of carbonyl (C=O) groups excluding carboxylic acids is 3. The SMILES string of the molecule is COc1ccc(CCN2C(=O)[C@@H]3C(CCC(=O)O)NC4(C(=O)Nc5ccc(C)cc54)[C@@H]3C2=O)cc1OC. The number of likely N-dealkylation sites (tertiary alicyclic amines) is 1. The highest BCUT2D eigenvalue weighted by Crippen LogP contribution is 2.53. The minimum Gasteiger partial charge on any atom is -0.493 e. The van der Waals surface area contributed by atoms with Crippen molar-refractivity contribution < 1.29 is 33.8 Å². The zero-order valence-electron chi connectivity index (χ0n) is 20.9. The first kappa shape index (κ1) is 24.8. The topological polar surface area (TPSA) is 134 Å². The Morgan fingerprint density at radius 2 is 1.81 bits per heavy atom. The van der Waals surface area contributed by atoms with Crippen molar-refractivity contribution in [3.8, 4) is 11.5 Å². The van der Waals surface area contributed by atoms with Gasteiger partial charge in [-0.1, -0.05) is 23.8 Å². The molecule has 194 valence electrons. The highest BCUT2D eigenvalue weighted by Gasteiger charge is 2.70. The van der Waals surface area contributed by atoms with Crippen LogP contribution in [0.5, 0.6) is 11.5 Å². The molecule has 10 heteroatoms. The van der Waals surface area contributed by atoms with E-state index in [0.29, 0.717) is 29.2 Å². The first-order valence-corrected chi connectivity index (χ1v) is 12.2. The van der Waals surface area contributed by atoms with Gasteiger partial charge in [-0.2, -0.15) is 0 Å². The van der Waals surface area contributed by atoms with Gasteiger partial charge in [-0.25, -0.2) is 0 Å². The van der Waals surface area contributed by atoms with Gasteiger partial charge in [0.2, 0.25) is 17.7 Å². The molecule has 2 fully saturated rings. The van der Waals surface area contributed by atoms with Gasteiger partial charge in [-0.05, 0) is 43.5 Å². The second-order valence-corrected chi connectivity index (χ2v) is 9.77. The molecular weight excluding hydrogens is 478 g/mol. The van der Waals surface area contributed by atoms with Gasteiger partial charge in [0.1, 0.15) is 5.54 Å². The fraction of sp³-hybridized carbons (Fsp3) is 0.407. The molecule has 2 unspecified atom stereocenters. The Kier molecular flexibility index (Phi) is 6.15. The predicted molar refractivity (Wildman–Crippen MR) is 132 cm³/mol. The molecule has 2 aromatic carbocycles. The molecule has 0 saturated carbocycles. The molecule has 3 N–H and O–H groups in total. The van der Waals surface area contributed by atoms with Crippen LogP contribution in [0.15, 0.2) is 36.4 Å². The van der Waals surface area contributed by atoms with Gasteiger partial charge in [-0.3, -0.25) is 29.4 Å². The number of rotatable bonds is 8. The number of imide groups is 1. The summed E-state index contributed by atoms with van der Waals surface area (Å²) in [5.74, 6) is -2.90. The number of methoxy groups -OCH3 is 2. The average molecular weight is 508 g/mol. The van der Waals surface area contributed by atoms with E-state index in [4.69, 9.17) is 9.47 Å². The maximum atomic E-state index is 13.9. The largest absolute Gasteiger partial charge is 0.493 e. The summed E-state index contributed by atoms with van der Waals surface area (Å²) in [4.78, 5) is 53.6. The van der Waals surface area contributed by atoms with Gasteiger partial charge >= 0.3 is 5.97 Å².